The van der Waals surface area contributed by atoms with Crippen molar-refractivity contribution in [3.63, 3.8) is 0 Å². The lowest BCUT2D eigenvalue weighted by atomic mass is 10.1. The summed E-state index contributed by atoms with van der Waals surface area (Å²) in [6, 6.07) is 2.84. The van der Waals surface area contributed by atoms with Gasteiger partial charge in [-0.1, -0.05) is 6.07 Å². The molecule has 6 heteroatoms. The summed E-state index contributed by atoms with van der Waals surface area (Å²) in [6.45, 7) is 0.283. The second-order valence-electron chi connectivity index (χ2n) is 2.85. The Labute approximate surface area is 90.7 Å². The van der Waals surface area contributed by atoms with E-state index in [-0.39, 0.29) is 19.0 Å². The van der Waals surface area contributed by atoms with Crippen molar-refractivity contribution in [1.82, 2.24) is 0 Å². The van der Waals surface area contributed by atoms with Crippen molar-refractivity contribution in [2.24, 2.45) is 5.73 Å². The molecule has 0 heterocycles. The Morgan fingerprint density at radius 3 is 2.20 bits per heavy atom. The summed E-state index contributed by atoms with van der Waals surface area (Å²) in [5.74, 6) is -1.25. The van der Waals surface area contributed by atoms with Crippen LogP contribution in [-0.2, 0) is 12.6 Å². The molecule has 2 N–H and O–H groups in total. The van der Waals surface area contributed by atoms with Crippen LogP contribution in [0, 0.1) is 5.82 Å². The van der Waals surface area contributed by atoms with Gasteiger partial charge in [0.25, 0.3) is 0 Å². The lowest BCUT2D eigenvalue weighted by Crippen LogP contribution is -2.09. The highest BCUT2D eigenvalue weighted by molar-refractivity contribution is 5.85. The SMILES string of the molecule is Cl.NCCc1ccc(C(F)(F)F)c(F)c1. The summed E-state index contributed by atoms with van der Waals surface area (Å²) < 4.78 is 49.2. The zero-order valence-electron chi connectivity index (χ0n) is 7.64. The predicted octanol–water partition coefficient (Wildman–Crippen LogP) is 2.77. The third-order valence-electron chi connectivity index (χ3n) is 1.77. The molecule has 1 aromatic rings. The number of halogens is 5. The van der Waals surface area contributed by atoms with E-state index in [9.17, 15) is 17.6 Å². The molecule has 0 saturated carbocycles. The van der Waals surface area contributed by atoms with Crippen molar-refractivity contribution in [1.29, 1.82) is 0 Å². The molecule has 86 valence electrons. The van der Waals surface area contributed by atoms with Crippen LogP contribution >= 0.6 is 12.4 Å². The van der Waals surface area contributed by atoms with Gasteiger partial charge in [0, 0.05) is 0 Å². The molecule has 0 aliphatic carbocycles. The smallest absolute Gasteiger partial charge is 0.330 e. The highest BCUT2D eigenvalue weighted by atomic mass is 35.5. The summed E-state index contributed by atoms with van der Waals surface area (Å²) in [5.41, 5.74) is 4.42. The van der Waals surface area contributed by atoms with E-state index in [4.69, 9.17) is 5.73 Å². The molecule has 0 radical (unpaired) electrons. The van der Waals surface area contributed by atoms with Gasteiger partial charge in [-0.2, -0.15) is 13.2 Å². The Bertz CT molecular complexity index is 324. The zero-order chi connectivity index (χ0) is 10.8. The molecule has 0 spiro atoms. The van der Waals surface area contributed by atoms with E-state index in [1.165, 1.54) is 6.07 Å². The summed E-state index contributed by atoms with van der Waals surface area (Å²) in [6.07, 6.45) is -4.26. The van der Waals surface area contributed by atoms with Crippen molar-refractivity contribution >= 4 is 12.4 Å². The molecular weight excluding hydrogens is 234 g/mol. The minimum absolute atomic E-state index is 0. The van der Waals surface area contributed by atoms with E-state index in [1.807, 2.05) is 0 Å². The molecule has 0 unspecified atom stereocenters. The van der Waals surface area contributed by atoms with Crippen molar-refractivity contribution in [3.05, 3.63) is 35.1 Å². The molecule has 15 heavy (non-hydrogen) atoms. The van der Waals surface area contributed by atoms with Gasteiger partial charge in [-0.05, 0) is 30.7 Å². The highest BCUT2D eigenvalue weighted by Gasteiger charge is 2.33. The van der Waals surface area contributed by atoms with Crippen LogP contribution in [0.15, 0.2) is 18.2 Å². The maximum absolute atomic E-state index is 12.9. The minimum Gasteiger partial charge on any atom is -0.330 e. The van der Waals surface area contributed by atoms with Crippen LogP contribution in [0.1, 0.15) is 11.1 Å². The number of alkyl halides is 3. The fraction of sp³-hybridized carbons (Fsp3) is 0.333. The van der Waals surface area contributed by atoms with Crippen LogP contribution in [0.5, 0.6) is 0 Å². The monoisotopic (exact) mass is 243 g/mol. The molecule has 0 aliphatic rings. The Morgan fingerprint density at radius 1 is 1.20 bits per heavy atom. The van der Waals surface area contributed by atoms with Crippen molar-refractivity contribution < 1.29 is 17.6 Å². The first kappa shape index (κ1) is 14.2. The van der Waals surface area contributed by atoms with Crippen LogP contribution in [0.4, 0.5) is 17.6 Å². The fourth-order valence-corrected chi connectivity index (χ4v) is 1.11. The lowest BCUT2D eigenvalue weighted by Gasteiger charge is -2.08. The molecule has 0 amide bonds. The Hall–Kier alpha value is -0.810. The number of nitrogens with two attached hydrogens (primary N) is 1. The summed E-state index contributed by atoms with van der Waals surface area (Å²) in [4.78, 5) is 0. The zero-order valence-corrected chi connectivity index (χ0v) is 8.46. The molecule has 0 aromatic heterocycles. The number of hydrogen-bond donors (Lipinski definition) is 1. The Kier molecular flexibility index (Phi) is 5.03. The molecule has 1 aromatic carbocycles. The lowest BCUT2D eigenvalue weighted by molar-refractivity contribution is -0.140. The Balaban J connectivity index is 0.00000196. The number of rotatable bonds is 2. The van der Waals surface area contributed by atoms with Crippen LogP contribution < -0.4 is 5.73 Å². The normalized spacial score (nSPS) is 11.0. The van der Waals surface area contributed by atoms with Crippen LogP contribution in [0.25, 0.3) is 0 Å². The van der Waals surface area contributed by atoms with Gasteiger partial charge < -0.3 is 5.73 Å². The molecule has 0 fully saturated rings. The average Bonchev–Trinajstić information content (AvgIpc) is 2.02. The standard InChI is InChI=1S/C9H9F4N.ClH/c10-8-5-6(3-4-14)1-2-7(8)9(11,12)13;/h1-2,5H,3-4,14H2;1H. The van der Waals surface area contributed by atoms with Crippen LogP contribution in [-0.4, -0.2) is 6.54 Å². The maximum atomic E-state index is 12.9. The third kappa shape index (κ3) is 3.68. The molecule has 0 atom stereocenters. The first-order chi connectivity index (χ1) is 6.45. The van der Waals surface area contributed by atoms with Crippen molar-refractivity contribution in [2.75, 3.05) is 6.54 Å². The van der Waals surface area contributed by atoms with Gasteiger partial charge in [0.2, 0.25) is 0 Å². The van der Waals surface area contributed by atoms with E-state index in [1.54, 1.807) is 0 Å². The summed E-state index contributed by atoms with van der Waals surface area (Å²) in [7, 11) is 0. The minimum atomic E-state index is -4.63. The molecular formula is C9H10ClF4N. The van der Waals surface area contributed by atoms with Gasteiger partial charge in [-0.3, -0.25) is 0 Å². The van der Waals surface area contributed by atoms with Gasteiger partial charge in [0.05, 0.1) is 5.56 Å². The van der Waals surface area contributed by atoms with Gasteiger partial charge >= 0.3 is 6.18 Å². The van der Waals surface area contributed by atoms with Crippen molar-refractivity contribution in [2.45, 2.75) is 12.6 Å². The van der Waals surface area contributed by atoms with Gasteiger partial charge in [0.15, 0.2) is 0 Å². The number of hydrogen-bond acceptors (Lipinski definition) is 1. The summed E-state index contributed by atoms with van der Waals surface area (Å²) >= 11 is 0. The van der Waals surface area contributed by atoms with E-state index >= 15 is 0 Å². The van der Waals surface area contributed by atoms with Gasteiger partial charge in [-0.15, -0.1) is 12.4 Å². The van der Waals surface area contributed by atoms with Crippen molar-refractivity contribution in [3.8, 4) is 0 Å². The largest absolute Gasteiger partial charge is 0.419 e. The molecule has 0 saturated heterocycles. The van der Waals surface area contributed by atoms with E-state index < -0.39 is 17.6 Å². The first-order valence-electron chi connectivity index (χ1n) is 4.01. The highest BCUT2D eigenvalue weighted by Crippen LogP contribution is 2.31. The molecule has 1 rings (SSSR count). The number of benzene rings is 1. The van der Waals surface area contributed by atoms with Crippen LogP contribution in [0.3, 0.4) is 0 Å². The molecule has 1 nitrogen and oxygen atoms in total. The fourth-order valence-electron chi connectivity index (χ4n) is 1.11. The van der Waals surface area contributed by atoms with E-state index in [2.05, 4.69) is 0 Å². The average molecular weight is 244 g/mol. The van der Waals surface area contributed by atoms with Gasteiger partial charge in [-0.25, -0.2) is 4.39 Å². The molecule has 0 aliphatic heterocycles. The second-order valence-corrected chi connectivity index (χ2v) is 2.85. The Morgan fingerprint density at radius 2 is 1.80 bits per heavy atom. The second kappa shape index (κ2) is 5.32. The molecule has 0 bridgehead atoms. The van der Waals surface area contributed by atoms with Crippen LogP contribution in [0.2, 0.25) is 0 Å². The summed E-state index contributed by atoms with van der Waals surface area (Å²) in [5, 5.41) is 0. The predicted molar refractivity (Wildman–Crippen MR) is 51.4 cm³/mol. The topological polar surface area (TPSA) is 26.0 Å². The first-order valence-corrected chi connectivity index (χ1v) is 4.01. The van der Waals surface area contributed by atoms with E-state index in [0.29, 0.717) is 12.0 Å². The van der Waals surface area contributed by atoms with E-state index in [0.717, 1.165) is 12.1 Å². The van der Waals surface area contributed by atoms with Gasteiger partial charge in [0.1, 0.15) is 5.82 Å². The third-order valence-corrected chi connectivity index (χ3v) is 1.77. The quantitative estimate of drug-likeness (QED) is 0.795. The maximum Gasteiger partial charge on any atom is 0.419 e.